The molecule has 16 atom stereocenters. The molecule has 10 aliphatic carbocycles. The molecule has 0 bridgehead atoms. The number of halogens is 4. The summed E-state index contributed by atoms with van der Waals surface area (Å²) in [5.41, 5.74) is 9.32. The molecule has 16 rings (SSSR count). The van der Waals surface area contributed by atoms with E-state index in [-0.39, 0.29) is 157 Å². The summed E-state index contributed by atoms with van der Waals surface area (Å²) < 4.78 is 41.2. The van der Waals surface area contributed by atoms with Crippen molar-refractivity contribution in [3.8, 4) is 0 Å². The van der Waals surface area contributed by atoms with Crippen LogP contribution in [0.15, 0.2) is 57.2 Å². The summed E-state index contributed by atoms with van der Waals surface area (Å²) in [6.07, 6.45) is 23.1. The van der Waals surface area contributed by atoms with Crippen molar-refractivity contribution in [2.75, 3.05) is 49.2 Å². The molecule has 0 radical (unpaired) electrons. The van der Waals surface area contributed by atoms with E-state index in [2.05, 4.69) is 13.8 Å². The molecule has 10 N–H and O–H groups in total. The maximum atomic E-state index is 16.3. The van der Waals surface area contributed by atoms with Gasteiger partial charge in [0.2, 0.25) is 10.9 Å². The lowest BCUT2D eigenvalue weighted by molar-refractivity contribution is -0.178. The first-order chi connectivity index (χ1) is 51.9. The normalized spacial score (nSPS) is 34.4. The van der Waals surface area contributed by atoms with Crippen LogP contribution in [0.25, 0.3) is 21.8 Å². The molecule has 10 fully saturated rings. The molecule has 2 aromatic heterocycles. The molecule has 21 nitrogen and oxygen atoms in total. The number of hydrogen-bond acceptors (Lipinski definition) is 18. The molecule has 2 saturated heterocycles. The van der Waals surface area contributed by atoms with Crippen LogP contribution in [0.4, 0.5) is 20.2 Å². The summed E-state index contributed by atoms with van der Waals surface area (Å²) in [6, 6.07) is -0.177. The second-order valence-electron chi connectivity index (χ2n) is 35.3. The van der Waals surface area contributed by atoms with E-state index < -0.39 is 92.3 Å². The smallest absolute Gasteiger partial charge is 0.343 e. The summed E-state index contributed by atoms with van der Waals surface area (Å²) in [5.74, 6) is -4.23. The maximum Gasteiger partial charge on any atom is 0.343 e. The average molecular weight is 1560 g/mol. The number of ketones is 4. The van der Waals surface area contributed by atoms with Gasteiger partial charge in [-0.05, 0) is 191 Å². The fourth-order valence-electron chi connectivity index (χ4n) is 23.3. The molecule has 0 amide bonds. The summed E-state index contributed by atoms with van der Waals surface area (Å²) in [7, 11) is 0. The Morgan fingerprint density at radius 3 is 1.41 bits per heavy atom. The van der Waals surface area contributed by atoms with Gasteiger partial charge in [0.15, 0.2) is 34.8 Å². The summed E-state index contributed by atoms with van der Waals surface area (Å²) in [5, 5.41) is 65.6. The molecule has 4 heterocycles. The molecule has 2 aromatic carbocycles. The van der Waals surface area contributed by atoms with Crippen molar-refractivity contribution in [3.63, 3.8) is 0 Å². The van der Waals surface area contributed by atoms with Gasteiger partial charge >= 0.3 is 11.9 Å². The van der Waals surface area contributed by atoms with Gasteiger partial charge in [0.25, 0.3) is 0 Å². The highest BCUT2D eigenvalue weighted by Gasteiger charge is 2.70. The number of aromatic nitrogens is 2. The Labute approximate surface area is 649 Å². The number of anilines is 2. The van der Waals surface area contributed by atoms with Crippen LogP contribution in [0, 0.1) is 96.5 Å². The number of hydrogen-bond donors (Lipinski definition) is 8. The third kappa shape index (κ3) is 12.7. The maximum absolute atomic E-state index is 16.3. The molecule has 8 saturated carbocycles. The van der Waals surface area contributed by atoms with Crippen molar-refractivity contribution in [2.45, 2.75) is 238 Å². The molecule has 0 spiro atoms. The zero-order valence-electron chi connectivity index (χ0n) is 64.3. The Bertz CT molecular complexity index is 4810. The zero-order chi connectivity index (χ0) is 79.3. The summed E-state index contributed by atoms with van der Waals surface area (Å²) >= 11 is 13.8. The highest BCUT2D eigenvalue weighted by molar-refractivity contribution is 6.39. The van der Waals surface area contributed by atoms with Crippen molar-refractivity contribution >= 4 is 91.5 Å². The van der Waals surface area contributed by atoms with Crippen LogP contribution < -0.4 is 32.1 Å². The number of fused-ring (bicyclic) bond motifs is 12. The number of aliphatic hydroxyl groups is 5. The van der Waals surface area contributed by atoms with Crippen LogP contribution in [0.1, 0.15) is 218 Å². The van der Waals surface area contributed by atoms with Crippen LogP contribution in [-0.2, 0) is 23.9 Å². The van der Waals surface area contributed by atoms with E-state index in [4.69, 9.17) is 39.4 Å². The number of carbonyl (C=O) groups excluding carboxylic acids is 5. The summed E-state index contributed by atoms with van der Waals surface area (Å²) in [6.45, 7) is 15.5. The first kappa shape index (κ1) is 79.8. The number of Topliss-reactive ketones (excluding diaryl/α,β-unsaturated/α-hetero) is 2. The second-order valence-corrected chi connectivity index (χ2v) is 36.0. The third-order valence-electron chi connectivity index (χ3n) is 29.2. The Hall–Kier alpha value is -6.80. The fourth-order valence-corrected chi connectivity index (χ4v) is 24.1. The van der Waals surface area contributed by atoms with E-state index in [1.54, 1.807) is 38.2 Å². The number of carboxylic acid groups (broad SMARTS) is 1. The number of allylic oxidation sites excluding steroid dienone is 8. The zero-order valence-corrected chi connectivity index (χ0v) is 65.8. The van der Waals surface area contributed by atoms with E-state index in [0.717, 1.165) is 107 Å². The Morgan fingerprint density at radius 2 is 1.00 bits per heavy atom. The number of ether oxygens (including phenoxy) is 1. The molecule has 25 heteroatoms. The van der Waals surface area contributed by atoms with Crippen molar-refractivity contribution < 1.29 is 72.9 Å². The number of benzene rings is 2. The van der Waals surface area contributed by atoms with Gasteiger partial charge in [0.05, 0.1) is 62.0 Å². The molecule has 2 aliphatic heterocycles. The minimum atomic E-state index is -1.73. The van der Waals surface area contributed by atoms with Crippen molar-refractivity contribution in [3.05, 3.63) is 123 Å². The van der Waals surface area contributed by atoms with Gasteiger partial charge in [0.1, 0.15) is 28.9 Å². The van der Waals surface area contributed by atoms with E-state index in [1.165, 1.54) is 13.8 Å². The van der Waals surface area contributed by atoms with Crippen LogP contribution in [0.5, 0.6) is 0 Å². The number of carbonyl (C=O) groups is 6. The number of aliphatic hydroxyl groups excluding tert-OH is 3. The molecular weight excluding hydrogens is 1450 g/mol. The van der Waals surface area contributed by atoms with E-state index >= 15 is 8.78 Å². The van der Waals surface area contributed by atoms with E-state index in [1.807, 2.05) is 44.9 Å². The highest BCUT2D eigenvalue weighted by atomic mass is 35.5. The van der Waals surface area contributed by atoms with Gasteiger partial charge in [-0.15, -0.1) is 0 Å². The van der Waals surface area contributed by atoms with Gasteiger partial charge in [-0.2, -0.15) is 0 Å². The van der Waals surface area contributed by atoms with Gasteiger partial charge in [-0.3, -0.25) is 28.8 Å². The van der Waals surface area contributed by atoms with Crippen molar-refractivity contribution in [2.24, 2.45) is 68.6 Å². The lowest BCUT2D eigenvalue weighted by Crippen LogP contribution is -2.61. The SMILES string of the molecule is C[C@]12C=CC(=O)C=C1CC[C@@H]1[C@@H]2[C@@H](O)C[C@@]2(C)[C@H]1CC[C@]2(O)C(=O)CO.Cc1c(F)c(N2CCCC[C@@H](N)C2)c(Cl)c2c1c(=O)c(C(=O)O)c(C)n2C1CC1.Cc1c(F)c(N2CCCC[C@@H](N)C2)c(Cl)c2c1c(=O)c(C(=O)OCCC(=O)[C@@]1(O)CC[C@H]3[C@@H]4CCC5=CC(=O)C=C[C@]5(C)C4[C@@H](O)C[C@@]31C)c(C)n2C1CC1. The van der Waals surface area contributed by atoms with Gasteiger partial charge < -0.3 is 65.8 Å². The molecule has 110 heavy (non-hydrogen) atoms. The fraction of sp³-hybridized carbons (Fsp3) is 0.624. The monoisotopic (exact) mass is 1560 g/mol. The highest BCUT2D eigenvalue weighted by Crippen LogP contribution is 2.69. The minimum absolute atomic E-state index is 0.00912. The van der Waals surface area contributed by atoms with Gasteiger partial charge in [0, 0.05) is 113 Å². The molecule has 12 aliphatic rings. The first-order valence-corrected chi connectivity index (χ1v) is 40.6. The molecule has 4 aromatic rings. The second kappa shape index (κ2) is 29.2. The standard InChI is InChI=1S/C43H53ClFN3O7.C21H25ClFN3O3.C21H28O5/c1-22-32-37(35(44)38(36(22)45)47-17-6-5-7-25(46)21-47)48(26-9-10-26)23(2)33(39(32)52)40(53)55-18-14-31(51)43(54)16-13-29-28-11-8-24-19-27(49)12-15-41(24,3)34(28)30(50)20-42(29,43)4;1-10-14-18(26(13-6-7-13)11(2)15(20(14)27)21(28)29)16(22)19(17(10)23)25-8-4-3-5-12(24)9-25;1-19-7-5-13(23)9-12(19)3-4-14-15-6-8-21(26,17(25)11-22)20(15,2)10-16(24)18(14)19/h12,15,19,25-26,28-30,34,50,54H,5-11,13-14,16-18,20-21,46H2,1-4H3;12-13H,3-9,24H2,1-2H3,(H,28,29);5,7,9,14-16,18,22,24,26H,3-4,6,8,10-11H2,1-2H3/t25-,28+,29+,30+,34?,41+,42+,43+;12-;14-,15-,16-,18+,19-,20-,21-/m110/s1. The quantitative estimate of drug-likeness (QED) is 0.0611. The summed E-state index contributed by atoms with van der Waals surface area (Å²) in [4.78, 5) is 107. The third-order valence-corrected chi connectivity index (χ3v) is 29.9. The van der Waals surface area contributed by atoms with Crippen LogP contribution in [-0.4, -0.2) is 150 Å². The number of nitrogens with two attached hydrogens (primary N) is 2. The van der Waals surface area contributed by atoms with Gasteiger partial charge in [-0.25, -0.2) is 18.4 Å². The number of rotatable bonds is 12. The van der Waals surface area contributed by atoms with Crippen LogP contribution >= 0.6 is 23.2 Å². The van der Waals surface area contributed by atoms with E-state index in [0.29, 0.717) is 67.9 Å². The number of nitrogens with zero attached hydrogens (tertiary/aromatic N) is 4. The topological polar surface area (TPSA) is 336 Å². The minimum Gasteiger partial charge on any atom is -0.477 e. The number of pyridine rings is 2. The molecule has 1 unspecified atom stereocenters. The van der Waals surface area contributed by atoms with Crippen LogP contribution in [0.2, 0.25) is 10.0 Å². The molecule has 594 valence electrons. The lowest BCUT2D eigenvalue weighted by Gasteiger charge is -2.59. The van der Waals surface area contributed by atoms with Crippen LogP contribution in [0.3, 0.4) is 0 Å². The average Bonchev–Trinajstić information content (AvgIpc) is 1.45. The number of esters is 1. The van der Waals surface area contributed by atoms with Gasteiger partial charge in [-0.1, -0.05) is 87.0 Å². The Balaban J connectivity index is 0.000000153. The Morgan fingerprint density at radius 1 is 0.591 bits per heavy atom. The number of aromatic carboxylic acids is 1. The molecular formula is C85H106Cl2F2N6O15. The van der Waals surface area contributed by atoms with Crippen molar-refractivity contribution in [1.82, 2.24) is 9.13 Å². The Kier molecular flexibility index (Phi) is 21.2. The lowest BCUT2D eigenvalue weighted by atomic mass is 9.46. The largest absolute Gasteiger partial charge is 0.477 e. The number of carboxylic acids is 1. The predicted molar refractivity (Wildman–Crippen MR) is 415 cm³/mol. The first-order valence-electron chi connectivity index (χ1n) is 39.8. The predicted octanol–water partition coefficient (Wildman–Crippen LogP) is 11.5. The van der Waals surface area contributed by atoms with Crippen molar-refractivity contribution in [1.29, 1.82) is 0 Å². The van der Waals surface area contributed by atoms with E-state index in [9.17, 15) is 69.0 Å². The number of aryl methyl sites for hydroxylation is 2.